The molecule has 4 heteroatoms. The van der Waals surface area contributed by atoms with E-state index in [2.05, 4.69) is 15.9 Å². The maximum atomic E-state index is 13.2. The van der Waals surface area contributed by atoms with Crippen molar-refractivity contribution in [3.63, 3.8) is 0 Å². The summed E-state index contributed by atoms with van der Waals surface area (Å²) in [6.45, 7) is 3.96. The largest absolute Gasteiger partial charge is 0.207 e. The maximum absolute atomic E-state index is 13.2. The van der Waals surface area contributed by atoms with Crippen LogP contribution in [0, 0.1) is 19.7 Å². The normalized spacial score (nSPS) is 12.8. The third-order valence-electron chi connectivity index (χ3n) is 2.64. The highest BCUT2D eigenvalue weighted by atomic mass is 79.9. The van der Waals surface area contributed by atoms with Crippen molar-refractivity contribution in [1.82, 2.24) is 0 Å². The zero-order chi connectivity index (χ0) is 12.6. The summed E-state index contributed by atoms with van der Waals surface area (Å²) in [7, 11) is 0. The second-order valence-corrected chi connectivity index (χ2v) is 6.81. The molecule has 0 N–H and O–H groups in total. The average Bonchev–Trinajstić information content (AvgIpc) is 2.62. The number of hydrogen-bond donors (Lipinski definition) is 0. The first-order chi connectivity index (χ1) is 7.99. The van der Waals surface area contributed by atoms with Crippen molar-refractivity contribution in [3.8, 4) is 0 Å². The minimum atomic E-state index is -0.291. The van der Waals surface area contributed by atoms with E-state index < -0.39 is 0 Å². The first kappa shape index (κ1) is 13.1. The Hall–Kier alpha value is -0.380. The predicted molar refractivity (Wildman–Crippen MR) is 75.6 cm³/mol. The summed E-state index contributed by atoms with van der Waals surface area (Å²) in [6, 6.07) is 6.76. The van der Waals surface area contributed by atoms with Crippen LogP contribution in [0.25, 0.3) is 0 Å². The number of alkyl halides is 1. The molecule has 1 aromatic carbocycles. The Balaban J connectivity index is 2.42. The van der Waals surface area contributed by atoms with Crippen molar-refractivity contribution in [2.24, 2.45) is 0 Å². The summed E-state index contributed by atoms with van der Waals surface area (Å²) in [5.41, 5.74) is 3.00. The topological polar surface area (TPSA) is 0 Å². The monoisotopic (exact) mass is 332 g/mol. The van der Waals surface area contributed by atoms with Gasteiger partial charge in [-0.05, 0) is 64.7 Å². The van der Waals surface area contributed by atoms with Gasteiger partial charge in [0.15, 0.2) is 0 Å². The molecule has 0 aliphatic rings. The van der Waals surface area contributed by atoms with Gasteiger partial charge >= 0.3 is 0 Å². The maximum Gasteiger partial charge on any atom is 0.123 e. The summed E-state index contributed by atoms with van der Waals surface area (Å²) < 4.78 is 14.3. The molecule has 0 radical (unpaired) electrons. The van der Waals surface area contributed by atoms with E-state index >= 15 is 0 Å². The van der Waals surface area contributed by atoms with E-state index in [0.717, 1.165) is 25.4 Å². The lowest BCUT2D eigenvalue weighted by atomic mass is 10.0. The molecule has 1 unspecified atom stereocenters. The molecule has 0 amide bonds. The molecule has 0 bridgehead atoms. The van der Waals surface area contributed by atoms with Gasteiger partial charge in [-0.2, -0.15) is 0 Å². The van der Waals surface area contributed by atoms with Gasteiger partial charge in [-0.15, -0.1) is 22.9 Å². The number of rotatable bonds is 2. The minimum absolute atomic E-state index is 0.247. The van der Waals surface area contributed by atoms with Crippen LogP contribution in [0.4, 0.5) is 4.39 Å². The molecule has 0 nitrogen and oxygen atoms in total. The Morgan fingerprint density at radius 3 is 2.53 bits per heavy atom. The van der Waals surface area contributed by atoms with E-state index in [1.54, 1.807) is 17.4 Å². The smallest absolute Gasteiger partial charge is 0.123 e. The molecular formula is C13H11BrClFS. The van der Waals surface area contributed by atoms with Crippen LogP contribution in [0.5, 0.6) is 0 Å². The first-order valence-electron chi connectivity index (χ1n) is 5.15. The third-order valence-corrected chi connectivity index (χ3v) is 5.44. The summed E-state index contributed by atoms with van der Waals surface area (Å²) in [6.07, 6.45) is 0. The molecule has 0 saturated heterocycles. The SMILES string of the molecule is Cc1ccc(F)cc1C(Cl)c1cc(C)c(Br)s1. The van der Waals surface area contributed by atoms with Crippen molar-refractivity contribution >= 4 is 38.9 Å². The standard InChI is InChI=1S/C13H11BrClFS/c1-7-3-4-9(16)6-10(7)12(15)11-5-8(2)13(14)17-11/h3-6,12H,1-2H3. The molecule has 0 aliphatic carbocycles. The molecule has 0 aliphatic heterocycles. The lowest BCUT2D eigenvalue weighted by Crippen LogP contribution is -1.95. The Bertz CT molecular complexity index is 531. The van der Waals surface area contributed by atoms with Gasteiger partial charge in [0.05, 0.1) is 9.16 Å². The van der Waals surface area contributed by atoms with Crippen LogP contribution in [-0.4, -0.2) is 0 Å². The van der Waals surface area contributed by atoms with E-state index in [-0.39, 0.29) is 11.2 Å². The fourth-order valence-corrected chi connectivity index (χ4v) is 3.65. The molecule has 1 aromatic heterocycles. The van der Waals surface area contributed by atoms with Crippen molar-refractivity contribution < 1.29 is 4.39 Å². The van der Waals surface area contributed by atoms with Crippen LogP contribution in [-0.2, 0) is 0 Å². The van der Waals surface area contributed by atoms with Gasteiger partial charge < -0.3 is 0 Å². The summed E-state index contributed by atoms with van der Waals surface area (Å²) >= 11 is 11.5. The van der Waals surface area contributed by atoms with E-state index in [1.807, 2.05) is 19.9 Å². The Morgan fingerprint density at radius 1 is 1.24 bits per heavy atom. The predicted octanol–water partition coefficient (Wildman–Crippen LogP) is 5.59. The molecule has 2 rings (SSSR count). The van der Waals surface area contributed by atoms with Crippen molar-refractivity contribution in [3.05, 3.63) is 55.4 Å². The highest BCUT2D eigenvalue weighted by Crippen LogP contribution is 2.39. The van der Waals surface area contributed by atoms with Gasteiger partial charge in [-0.3, -0.25) is 0 Å². The molecular weight excluding hydrogens is 323 g/mol. The van der Waals surface area contributed by atoms with Crippen molar-refractivity contribution in [2.45, 2.75) is 19.2 Å². The van der Waals surface area contributed by atoms with Crippen molar-refractivity contribution in [2.75, 3.05) is 0 Å². The number of benzene rings is 1. The lowest BCUT2D eigenvalue weighted by Gasteiger charge is -2.11. The number of aryl methyl sites for hydroxylation is 2. The van der Waals surface area contributed by atoms with Crippen LogP contribution >= 0.6 is 38.9 Å². The van der Waals surface area contributed by atoms with Gasteiger partial charge in [0.2, 0.25) is 0 Å². The van der Waals surface area contributed by atoms with Gasteiger partial charge in [0.25, 0.3) is 0 Å². The van der Waals surface area contributed by atoms with Crippen LogP contribution < -0.4 is 0 Å². The summed E-state index contributed by atoms with van der Waals surface area (Å²) in [4.78, 5) is 1.03. The van der Waals surface area contributed by atoms with E-state index in [4.69, 9.17) is 11.6 Å². The molecule has 1 atom stereocenters. The Kier molecular flexibility index (Phi) is 3.91. The molecule has 0 saturated carbocycles. The molecule has 2 aromatic rings. The first-order valence-corrected chi connectivity index (χ1v) is 7.19. The number of halogens is 3. The second-order valence-electron chi connectivity index (χ2n) is 3.97. The molecule has 90 valence electrons. The number of thiophene rings is 1. The van der Waals surface area contributed by atoms with Gasteiger partial charge in [0, 0.05) is 4.88 Å². The summed E-state index contributed by atoms with van der Waals surface area (Å²) in [5.74, 6) is -0.247. The molecule has 1 heterocycles. The average molecular weight is 334 g/mol. The van der Waals surface area contributed by atoms with Crippen molar-refractivity contribution in [1.29, 1.82) is 0 Å². The molecule has 0 fully saturated rings. The Morgan fingerprint density at radius 2 is 1.94 bits per heavy atom. The number of hydrogen-bond acceptors (Lipinski definition) is 1. The van der Waals surface area contributed by atoms with Gasteiger partial charge in [-0.1, -0.05) is 6.07 Å². The summed E-state index contributed by atoms with van der Waals surface area (Å²) in [5, 5.41) is -0.291. The van der Waals surface area contributed by atoms with E-state index in [9.17, 15) is 4.39 Å². The third kappa shape index (κ3) is 2.72. The Labute approximate surface area is 118 Å². The van der Waals surface area contributed by atoms with Gasteiger partial charge in [-0.25, -0.2) is 4.39 Å². The quantitative estimate of drug-likeness (QED) is 0.628. The molecule has 0 spiro atoms. The van der Waals surface area contributed by atoms with E-state index in [0.29, 0.717) is 0 Å². The highest BCUT2D eigenvalue weighted by molar-refractivity contribution is 9.11. The fourth-order valence-electron chi connectivity index (χ4n) is 1.65. The molecule has 17 heavy (non-hydrogen) atoms. The van der Waals surface area contributed by atoms with Gasteiger partial charge in [0.1, 0.15) is 5.82 Å². The zero-order valence-electron chi connectivity index (χ0n) is 9.43. The van der Waals surface area contributed by atoms with E-state index in [1.165, 1.54) is 12.1 Å². The minimum Gasteiger partial charge on any atom is -0.207 e. The van der Waals surface area contributed by atoms with Crippen LogP contribution in [0.3, 0.4) is 0 Å². The zero-order valence-corrected chi connectivity index (χ0v) is 12.6. The lowest BCUT2D eigenvalue weighted by molar-refractivity contribution is 0.625. The van der Waals surface area contributed by atoms with Crippen LogP contribution in [0.1, 0.15) is 26.9 Å². The highest BCUT2D eigenvalue weighted by Gasteiger charge is 2.17. The second kappa shape index (κ2) is 5.09. The fraction of sp³-hybridized carbons (Fsp3) is 0.231. The van der Waals surface area contributed by atoms with Crippen LogP contribution in [0.2, 0.25) is 0 Å². The van der Waals surface area contributed by atoms with Crippen LogP contribution in [0.15, 0.2) is 28.1 Å².